The van der Waals surface area contributed by atoms with Gasteiger partial charge in [0.2, 0.25) is 0 Å². The van der Waals surface area contributed by atoms with E-state index in [0.717, 1.165) is 0 Å². The number of carboxylic acids is 1. The van der Waals surface area contributed by atoms with Gasteiger partial charge >= 0.3 is 5.97 Å². The third-order valence-electron chi connectivity index (χ3n) is 0.463. The van der Waals surface area contributed by atoms with E-state index in [0.29, 0.717) is 0 Å². The van der Waals surface area contributed by atoms with Gasteiger partial charge in [0.15, 0.2) is 0 Å². The Hall–Kier alpha value is -0.830. The number of hydrogen-bond donors (Lipinski definition) is 1. The maximum absolute atomic E-state index is 9.60. The first kappa shape index (κ1) is 11.9. The predicted octanol–water partition coefficient (Wildman–Crippen LogP) is 1.53. The zero-order chi connectivity index (χ0) is 8.57. The molecule has 0 aliphatic heterocycles. The second-order valence-electron chi connectivity index (χ2n) is 1.44. The van der Waals surface area contributed by atoms with Gasteiger partial charge in [-0.15, -0.1) is 0 Å². The van der Waals surface area contributed by atoms with Crippen molar-refractivity contribution in [3.05, 3.63) is 12.2 Å². The van der Waals surface area contributed by atoms with E-state index in [2.05, 4.69) is 11.6 Å². The Morgan fingerprint density at radius 2 is 2.00 bits per heavy atom. The highest BCUT2D eigenvalue weighted by Gasteiger charge is 1.90. The Balaban J connectivity index is 0. The van der Waals surface area contributed by atoms with Crippen molar-refractivity contribution in [3.63, 3.8) is 0 Å². The molecule has 0 amide bonds. The van der Waals surface area contributed by atoms with Crippen LogP contribution in [0.25, 0.3) is 0 Å². The normalized spacial score (nSPS) is 8.30. The summed E-state index contributed by atoms with van der Waals surface area (Å²) >= 11 is 4.89. The molecule has 10 heavy (non-hydrogen) atoms. The second-order valence-corrected chi connectivity index (χ2v) is 1.64. The number of carbonyl (C=O) groups is 1. The van der Waals surface area contributed by atoms with Crippen LogP contribution in [0, 0.1) is 0 Å². The Morgan fingerprint density at radius 3 is 2.00 bits per heavy atom. The molecule has 0 radical (unpaired) electrons. The fraction of sp³-hybridized carbons (Fsp3) is 0.333. The molecule has 0 heterocycles. The lowest BCUT2D eigenvalue weighted by atomic mass is 10.4. The van der Waals surface area contributed by atoms with Gasteiger partial charge in [-0.1, -0.05) is 18.2 Å². The average molecular weight is 164 g/mol. The molecule has 0 aliphatic carbocycles. The summed E-state index contributed by atoms with van der Waals surface area (Å²) in [5.41, 5.74) is 1.40. The number of carboxylic acid groups (broad SMARTS) is 1. The smallest absolute Gasteiger partial charge is 0.330 e. The Bertz CT molecular complexity index is 127. The van der Waals surface area contributed by atoms with Crippen LogP contribution in [0.15, 0.2) is 17.1 Å². The quantitative estimate of drug-likeness (QED) is 0.471. The molecule has 0 bridgehead atoms. The molecule has 1 N–H and O–H groups in total. The van der Waals surface area contributed by atoms with E-state index < -0.39 is 5.97 Å². The van der Waals surface area contributed by atoms with E-state index in [1.807, 2.05) is 0 Å². The Kier molecular flexibility index (Phi) is 9.73. The third kappa shape index (κ3) is 15.7. The van der Waals surface area contributed by atoms with E-state index >= 15 is 0 Å². The van der Waals surface area contributed by atoms with Gasteiger partial charge in [-0.3, -0.25) is 4.99 Å². The highest BCUT2D eigenvalue weighted by atomic mass is 35.5. The molecule has 0 spiro atoms. The fourth-order valence-electron chi connectivity index (χ4n) is 0. The van der Waals surface area contributed by atoms with Crippen LogP contribution in [-0.4, -0.2) is 23.8 Å². The predicted molar refractivity (Wildman–Crippen MR) is 42.7 cm³/mol. The number of hydrogen-bond acceptors (Lipinski definition) is 2. The fourth-order valence-corrected chi connectivity index (χ4v) is 0. The average Bonchev–Trinajstić information content (AvgIpc) is 1.89. The van der Waals surface area contributed by atoms with Crippen LogP contribution < -0.4 is 0 Å². The first-order valence-electron chi connectivity index (χ1n) is 2.45. The molecule has 3 nitrogen and oxygen atoms in total. The largest absolute Gasteiger partial charge is 0.478 e. The zero-order valence-electron chi connectivity index (χ0n) is 5.97. The number of halogens is 1. The Morgan fingerprint density at radius 1 is 1.80 bits per heavy atom. The van der Waals surface area contributed by atoms with Crippen molar-refractivity contribution in [3.8, 4) is 0 Å². The standard InChI is InChI=1S/C4H6O2.C2H4ClN/c1-3(2)4(5)6;1-4-2-3/h1H2,2H3,(H,5,6);2H,1H3. The molecule has 0 atom stereocenters. The molecule has 0 unspecified atom stereocenters. The summed E-state index contributed by atoms with van der Waals surface area (Å²) in [5, 5.41) is 7.89. The van der Waals surface area contributed by atoms with Gasteiger partial charge in [0.05, 0.1) is 5.67 Å². The number of rotatable bonds is 1. The SMILES string of the molecule is C=C(C)C(=O)O.CN=CCl. The third-order valence-corrected chi connectivity index (χ3v) is 0.658. The van der Waals surface area contributed by atoms with Crippen molar-refractivity contribution in [1.29, 1.82) is 0 Å². The molecule has 0 saturated heterocycles. The lowest BCUT2D eigenvalue weighted by molar-refractivity contribution is -0.132. The molecular formula is C6H10ClNO2. The molecule has 0 rings (SSSR count). The molecule has 0 aromatic rings. The summed E-state index contributed by atoms with van der Waals surface area (Å²) < 4.78 is 0. The summed E-state index contributed by atoms with van der Waals surface area (Å²) in [4.78, 5) is 13.0. The minimum Gasteiger partial charge on any atom is -0.478 e. The van der Waals surface area contributed by atoms with Crippen molar-refractivity contribution in [2.24, 2.45) is 4.99 Å². The van der Waals surface area contributed by atoms with Crippen molar-refractivity contribution in [2.75, 3.05) is 7.05 Å². The van der Waals surface area contributed by atoms with Gasteiger partial charge < -0.3 is 5.11 Å². The van der Waals surface area contributed by atoms with Crippen molar-refractivity contribution in [2.45, 2.75) is 6.92 Å². The van der Waals surface area contributed by atoms with Crippen LogP contribution in [-0.2, 0) is 4.79 Å². The summed E-state index contributed by atoms with van der Waals surface area (Å²) in [6, 6.07) is 0. The van der Waals surface area contributed by atoms with Crippen LogP contribution in [0.2, 0.25) is 0 Å². The molecule has 58 valence electrons. The van der Waals surface area contributed by atoms with E-state index in [9.17, 15) is 4.79 Å². The van der Waals surface area contributed by atoms with Gasteiger partial charge in [0.25, 0.3) is 0 Å². The topological polar surface area (TPSA) is 49.7 Å². The molecule has 0 aliphatic rings. The van der Waals surface area contributed by atoms with Crippen molar-refractivity contribution >= 4 is 23.2 Å². The van der Waals surface area contributed by atoms with Crippen LogP contribution in [0.5, 0.6) is 0 Å². The van der Waals surface area contributed by atoms with E-state index in [4.69, 9.17) is 16.7 Å². The van der Waals surface area contributed by atoms with Crippen LogP contribution in [0.1, 0.15) is 6.92 Å². The second kappa shape index (κ2) is 8.17. The maximum Gasteiger partial charge on any atom is 0.330 e. The summed E-state index contributed by atoms with van der Waals surface area (Å²) in [6.45, 7) is 4.60. The van der Waals surface area contributed by atoms with Crippen molar-refractivity contribution in [1.82, 2.24) is 0 Å². The summed E-state index contributed by atoms with van der Waals surface area (Å²) in [5.74, 6) is -0.935. The maximum atomic E-state index is 9.60. The van der Waals surface area contributed by atoms with Gasteiger partial charge in [0, 0.05) is 12.6 Å². The molecular weight excluding hydrogens is 154 g/mol. The van der Waals surface area contributed by atoms with E-state index in [1.54, 1.807) is 7.05 Å². The molecule has 4 heteroatoms. The van der Waals surface area contributed by atoms with Gasteiger partial charge in [-0.25, -0.2) is 4.79 Å². The molecule has 0 fully saturated rings. The first-order chi connectivity index (χ1) is 4.56. The van der Waals surface area contributed by atoms with E-state index in [-0.39, 0.29) is 5.57 Å². The molecule has 0 aromatic heterocycles. The highest BCUT2D eigenvalue weighted by Crippen LogP contribution is 1.81. The van der Waals surface area contributed by atoms with Crippen LogP contribution >= 0.6 is 11.6 Å². The lowest BCUT2D eigenvalue weighted by Crippen LogP contribution is -1.92. The lowest BCUT2D eigenvalue weighted by Gasteiger charge is -1.79. The van der Waals surface area contributed by atoms with E-state index in [1.165, 1.54) is 12.6 Å². The zero-order valence-corrected chi connectivity index (χ0v) is 6.72. The van der Waals surface area contributed by atoms with Crippen LogP contribution in [0.3, 0.4) is 0 Å². The minimum absolute atomic E-state index is 0.176. The molecule has 0 saturated carbocycles. The number of nitrogens with zero attached hydrogens (tertiary/aromatic N) is 1. The number of aliphatic imine (C=N–C) groups is 1. The summed E-state index contributed by atoms with van der Waals surface area (Å²) in [6.07, 6.45) is 0. The Labute approximate surface area is 65.0 Å². The minimum atomic E-state index is -0.935. The first-order valence-corrected chi connectivity index (χ1v) is 2.89. The summed E-state index contributed by atoms with van der Waals surface area (Å²) in [7, 11) is 1.62. The molecule has 0 aromatic carbocycles. The van der Waals surface area contributed by atoms with Gasteiger partial charge in [0.1, 0.15) is 0 Å². The van der Waals surface area contributed by atoms with Crippen LogP contribution in [0.4, 0.5) is 0 Å². The van der Waals surface area contributed by atoms with Crippen molar-refractivity contribution < 1.29 is 9.90 Å². The van der Waals surface area contributed by atoms with Gasteiger partial charge in [-0.2, -0.15) is 0 Å². The number of aliphatic carboxylic acids is 1. The monoisotopic (exact) mass is 163 g/mol. The highest BCUT2D eigenvalue weighted by molar-refractivity contribution is 6.56. The van der Waals surface area contributed by atoms with Gasteiger partial charge in [-0.05, 0) is 6.92 Å².